The SMILES string of the molecule is C=C(CCCC)C(=O)OOOc1ccccc1. The number of rotatable bonds is 7. The molecule has 1 rings (SSSR count). The molecule has 0 unspecified atom stereocenters. The highest BCUT2D eigenvalue weighted by Crippen LogP contribution is 2.10. The van der Waals surface area contributed by atoms with Crippen molar-refractivity contribution in [2.45, 2.75) is 26.2 Å². The van der Waals surface area contributed by atoms with Crippen LogP contribution >= 0.6 is 0 Å². The Morgan fingerprint density at radius 2 is 2.00 bits per heavy atom. The molecule has 0 saturated heterocycles. The van der Waals surface area contributed by atoms with E-state index >= 15 is 0 Å². The summed E-state index contributed by atoms with van der Waals surface area (Å²) in [5.74, 6) is -0.145. The molecular weight excluding hydrogens is 220 g/mol. The van der Waals surface area contributed by atoms with Crippen molar-refractivity contribution in [3.63, 3.8) is 0 Å². The number of unbranched alkanes of at least 4 members (excludes halogenated alkanes) is 1. The number of carbonyl (C=O) groups is 1. The van der Waals surface area contributed by atoms with E-state index < -0.39 is 5.97 Å². The maximum atomic E-state index is 11.3. The molecule has 0 radical (unpaired) electrons. The standard InChI is InChI=1S/C13H16O4/c1-3-4-8-11(2)13(14)16-17-15-12-9-6-5-7-10-12/h5-7,9-10H,2-4,8H2,1H3. The van der Waals surface area contributed by atoms with Crippen molar-refractivity contribution in [1.82, 2.24) is 0 Å². The minimum atomic E-state index is -0.602. The first-order valence-electron chi connectivity index (χ1n) is 5.52. The van der Waals surface area contributed by atoms with Gasteiger partial charge in [-0.1, -0.05) is 38.1 Å². The molecule has 0 aromatic heterocycles. The third-order valence-electron chi connectivity index (χ3n) is 2.10. The van der Waals surface area contributed by atoms with Crippen LogP contribution in [0.25, 0.3) is 0 Å². The number of para-hydroxylation sites is 1. The van der Waals surface area contributed by atoms with Crippen LogP contribution in [0, 0.1) is 0 Å². The van der Waals surface area contributed by atoms with E-state index in [1.807, 2.05) is 13.0 Å². The topological polar surface area (TPSA) is 44.8 Å². The summed E-state index contributed by atoms with van der Waals surface area (Å²) < 4.78 is 0. The van der Waals surface area contributed by atoms with Gasteiger partial charge in [0.2, 0.25) is 0 Å². The number of hydrogen-bond acceptors (Lipinski definition) is 4. The normalized spacial score (nSPS) is 9.71. The number of hydrogen-bond donors (Lipinski definition) is 0. The average Bonchev–Trinajstić information content (AvgIpc) is 2.37. The van der Waals surface area contributed by atoms with Crippen LogP contribution in [0.1, 0.15) is 26.2 Å². The lowest BCUT2D eigenvalue weighted by Crippen LogP contribution is -2.09. The molecule has 1 aromatic rings. The molecule has 0 saturated carbocycles. The van der Waals surface area contributed by atoms with Gasteiger partial charge in [0.1, 0.15) is 0 Å². The van der Waals surface area contributed by atoms with Crippen molar-refractivity contribution >= 4 is 5.97 Å². The van der Waals surface area contributed by atoms with Crippen LogP contribution in [0.5, 0.6) is 5.75 Å². The van der Waals surface area contributed by atoms with Crippen molar-refractivity contribution in [3.05, 3.63) is 42.5 Å². The molecule has 17 heavy (non-hydrogen) atoms. The Balaban J connectivity index is 2.22. The van der Waals surface area contributed by atoms with Gasteiger partial charge in [0.15, 0.2) is 5.75 Å². The third kappa shape index (κ3) is 5.17. The minimum Gasteiger partial charge on any atom is -0.299 e. The summed E-state index contributed by atoms with van der Waals surface area (Å²) >= 11 is 0. The number of carbonyl (C=O) groups excluding carboxylic acids is 1. The Morgan fingerprint density at radius 3 is 2.65 bits per heavy atom. The monoisotopic (exact) mass is 236 g/mol. The second kappa shape index (κ2) is 7.46. The first-order valence-corrected chi connectivity index (χ1v) is 5.52. The van der Waals surface area contributed by atoms with Gasteiger partial charge in [-0.05, 0) is 25.0 Å². The van der Waals surface area contributed by atoms with Gasteiger partial charge in [0.25, 0.3) is 0 Å². The fourth-order valence-electron chi connectivity index (χ4n) is 1.11. The molecule has 92 valence electrons. The van der Waals surface area contributed by atoms with Crippen molar-refractivity contribution in [2.24, 2.45) is 0 Å². The van der Waals surface area contributed by atoms with Gasteiger partial charge in [-0.25, -0.2) is 4.79 Å². The molecule has 0 aliphatic rings. The molecule has 0 fully saturated rings. The van der Waals surface area contributed by atoms with Crippen LogP contribution < -0.4 is 4.89 Å². The maximum absolute atomic E-state index is 11.3. The van der Waals surface area contributed by atoms with E-state index in [1.54, 1.807) is 24.3 Å². The Bertz CT molecular complexity index is 359. The lowest BCUT2D eigenvalue weighted by Gasteiger charge is -2.04. The van der Waals surface area contributed by atoms with E-state index in [0.29, 0.717) is 17.7 Å². The summed E-state index contributed by atoms with van der Waals surface area (Å²) in [7, 11) is 0. The largest absolute Gasteiger partial charge is 0.372 e. The first-order chi connectivity index (χ1) is 8.24. The van der Waals surface area contributed by atoms with Crippen LogP contribution in [0.2, 0.25) is 0 Å². The fraction of sp³-hybridized carbons (Fsp3) is 0.308. The van der Waals surface area contributed by atoms with Crippen molar-refractivity contribution < 1.29 is 19.6 Å². The molecule has 0 bridgehead atoms. The van der Waals surface area contributed by atoms with Gasteiger partial charge >= 0.3 is 5.97 Å². The molecule has 0 aliphatic heterocycles. The van der Waals surface area contributed by atoms with Gasteiger partial charge in [0, 0.05) is 10.6 Å². The molecule has 0 N–H and O–H groups in total. The van der Waals surface area contributed by atoms with E-state index in [0.717, 1.165) is 12.8 Å². The third-order valence-corrected chi connectivity index (χ3v) is 2.10. The summed E-state index contributed by atoms with van der Waals surface area (Å²) in [5.41, 5.74) is 0.378. The highest BCUT2D eigenvalue weighted by Gasteiger charge is 2.09. The smallest absolute Gasteiger partial charge is 0.299 e. The quantitative estimate of drug-likeness (QED) is 0.414. The van der Waals surface area contributed by atoms with E-state index in [-0.39, 0.29) is 0 Å². The van der Waals surface area contributed by atoms with E-state index in [4.69, 9.17) is 4.89 Å². The van der Waals surface area contributed by atoms with Crippen molar-refractivity contribution in [2.75, 3.05) is 0 Å². The molecule has 0 atom stereocenters. The lowest BCUT2D eigenvalue weighted by atomic mass is 10.1. The lowest BCUT2D eigenvalue weighted by molar-refractivity contribution is -0.435. The van der Waals surface area contributed by atoms with Crippen molar-refractivity contribution in [1.29, 1.82) is 0 Å². The molecule has 0 amide bonds. The Morgan fingerprint density at radius 1 is 1.29 bits per heavy atom. The highest BCUT2D eigenvalue weighted by atomic mass is 17.5. The maximum Gasteiger partial charge on any atom is 0.372 e. The van der Waals surface area contributed by atoms with Crippen LogP contribution in [0.4, 0.5) is 0 Å². The minimum absolute atomic E-state index is 0.378. The molecule has 0 spiro atoms. The van der Waals surface area contributed by atoms with E-state index in [9.17, 15) is 4.79 Å². The van der Waals surface area contributed by atoms with E-state index in [2.05, 4.69) is 16.5 Å². The second-order valence-electron chi connectivity index (χ2n) is 3.54. The van der Waals surface area contributed by atoms with Crippen LogP contribution in [0.3, 0.4) is 0 Å². The Kier molecular flexibility index (Phi) is 5.82. The zero-order valence-electron chi connectivity index (χ0n) is 9.85. The summed E-state index contributed by atoms with van der Waals surface area (Å²) in [6.07, 6.45) is 2.49. The highest BCUT2D eigenvalue weighted by molar-refractivity contribution is 5.87. The predicted octanol–water partition coefficient (Wildman–Crippen LogP) is 3.20. The molecule has 4 nitrogen and oxygen atoms in total. The van der Waals surface area contributed by atoms with Gasteiger partial charge < -0.3 is 0 Å². The Labute approximate surface area is 101 Å². The zero-order chi connectivity index (χ0) is 12.5. The van der Waals surface area contributed by atoms with Crippen LogP contribution in [-0.4, -0.2) is 5.97 Å². The summed E-state index contributed by atoms with van der Waals surface area (Å²) in [5, 5.41) is 4.37. The predicted molar refractivity (Wildman–Crippen MR) is 62.9 cm³/mol. The van der Waals surface area contributed by atoms with Crippen LogP contribution in [0.15, 0.2) is 42.5 Å². The van der Waals surface area contributed by atoms with Gasteiger partial charge in [-0.3, -0.25) is 9.78 Å². The summed E-state index contributed by atoms with van der Waals surface area (Å²) in [6, 6.07) is 8.76. The first kappa shape index (κ1) is 13.3. The molecule has 1 aromatic carbocycles. The second-order valence-corrected chi connectivity index (χ2v) is 3.54. The van der Waals surface area contributed by atoms with Gasteiger partial charge in [0.05, 0.1) is 0 Å². The molecule has 0 heterocycles. The molecule has 4 heteroatoms. The Hall–Kier alpha value is -1.81. The summed E-state index contributed by atoms with van der Waals surface area (Å²) in [6.45, 7) is 5.64. The molecule has 0 aliphatic carbocycles. The van der Waals surface area contributed by atoms with Crippen LogP contribution in [-0.2, 0) is 14.7 Å². The van der Waals surface area contributed by atoms with E-state index in [1.165, 1.54) is 0 Å². The van der Waals surface area contributed by atoms with Gasteiger partial charge in [-0.2, -0.15) is 0 Å². The van der Waals surface area contributed by atoms with Gasteiger partial charge in [-0.15, -0.1) is 0 Å². The number of benzene rings is 1. The zero-order valence-corrected chi connectivity index (χ0v) is 9.85. The van der Waals surface area contributed by atoms with Crippen molar-refractivity contribution in [3.8, 4) is 5.75 Å². The molecular formula is C13H16O4. The summed E-state index contributed by atoms with van der Waals surface area (Å²) in [4.78, 5) is 20.5. The fourth-order valence-corrected chi connectivity index (χ4v) is 1.11. The average molecular weight is 236 g/mol.